The number of ether oxygens (including phenoxy) is 1. The van der Waals surface area contributed by atoms with Gasteiger partial charge in [0.2, 0.25) is 0 Å². The quantitative estimate of drug-likeness (QED) is 0.709. The molecular formula is C9H18N2O2. The lowest BCUT2D eigenvalue weighted by atomic mass is 10.1. The molecule has 0 saturated carbocycles. The number of rotatable bonds is 3. The van der Waals surface area contributed by atoms with Crippen LogP contribution in [0.4, 0.5) is 4.79 Å². The zero-order chi connectivity index (χ0) is 9.68. The number of hydrogen-bond acceptors (Lipinski definition) is 3. The van der Waals surface area contributed by atoms with Gasteiger partial charge in [-0.05, 0) is 32.9 Å². The summed E-state index contributed by atoms with van der Waals surface area (Å²) < 4.78 is 4.71. The minimum atomic E-state index is -0.182. The van der Waals surface area contributed by atoms with Crippen LogP contribution in [0.25, 0.3) is 0 Å². The Morgan fingerprint density at radius 3 is 3.08 bits per heavy atom. The van der Waals surface area contributed by atoms with Crippen LogP contribution in [0.2, 0.25) is 0 Å². The topological polar surface area (TPSA) is 41.6 Å². The smallest absolute Gasteiger partial charge is 0.409 e. The summed E-state index contributed by atoms with van der Waals surface area (Å²) in [5.41, 5.74) is 0. The highest BCUT2D eigenvalue weighted by atomic mass is 16.5. The summed E-state index contributed by atoms with van der Waals surface area (Å²) in [5, 5.41) is 3.09. The average molecular weight is 186 g/mol. The maximum absolute atomic E-state index is 11.3. The van der Waals surface area contributed by atoms with E-state index in [0.717, 1.165) is 32.4 Å². The maximum Gasteiger partial charge on any atom is 0.409 e. The van der Waals surface area contributed by atoms with E-state index >= 15 is 0 Å². The van der Waals surface area contributed by atoms with E-state index in [1.165, 1.54) is 7.11 Å². The first-order valence-electron chi connectivity index (χ1n) is 4.78. The van der Waals surface area contributed by atoms with Crippen LogP contribution in [0.3, 0.4) is 0 Å². The molecule has 0 spiro atoms. The van der Waals surface area contributed by atoms with Crippen LogP contribution in [-0.2, 0) is 4.74 Å². The van der Waals surface area contributed by atoms with Crippen molar-refractivity contribution in [2.75, 3.05) is 27.2 Å². The molecule has 0 radical (unpaired) electrons. The Morgan fingerprint density at radius 2 is 2.46 bits per heavy atom. The van der Waals surface area contributed by atoms with Gasteiger partial charge in [0.25, 0.3) is 0 Å². The number of nitrogens with one attached hydrogen (secondary N) is 1. The van der Waals surface area contributed by atoms with Crippen LogP contribution in [0.1, 0.15) is 19.3 Å². The monoisotopic (exact) mass is 186 g/mol. The first kappa shape index (κ1) is 10.3. The number of carbonyl (C=O) groups excluding carboxylic acids is 1. The van der Waals surface area contributed by atoms with E-state index in [9.17, 15) is 4.79 Å². The molecule has 1 atom stereocenters. The highest BCUT2D eigenvalue weighted by molar-refractivity contribution is 5.68. The fourth-order valence-electron chi connectivity index (χ4n) is 1.80. The molecule has 1 N–H and O–H groups in total. The van der Waals surface area contributed by atoms with Gasteiger partial charge in [-0.2, -0.15) is 0 Å². The lowest BCUT2D eigenvalue weighted by Crippen LogP contribution is -2.36. The summed E-state index contributed by atoms with van der Waals surface area (Å²) in [7, 11) is 3.37. The van der Waals surface area contributed by atoms with Crippen molar-refractivity contribution in [3.05, 3.63) is 0 Å². The second-order valence-electron chi connectivity index (χ2n) is 3.35. The zero-order valence-electron chi connectivity index (χ0n) is 8.38. The third-order valence-electron chi connectivity index (χ3n) is 2.51. The minimum absolute atomic E-state index is 0.182. The van der Waals surface area contributed by atoms with E-state index in [-0.39, 0.29) is 6.09 Å². The molecule has 1 amide bonds. The molecule has 0 bridgehead atoms. The van der Waals surface area contributed by atoms with E-state index in [1.807, 2.05) is 11.9 Å². The normalized spacial score (nSPS) is 22.0. The highest BCUT2D eigenvalue weighted by Crippen LogP contribution is 2.20. The molecule has 0 aromatic carbocycles. The van der Waals surface area contributed by atoms with Gasteiger partial charge in [0.15, 0.2) is 0 Å². The van der Waals surface area contributed by atoms with Gasteiger partial charge in [0, 0.05) is 12.6 Å². The maximum atomic E-state index is 11.3. The Bertz CT molecular complexity index is 173. The van der Waals surface area contributed by atoms with Crippen molar-refractivity contribution in [3.63, 3.8) is 0 Å². The van der Waals surface area contributed by atoms with Gasteiger partial charge in [0.1, 0.15) is 0 Å². The standard InChI is InChI=1S/C9H18N2O2/c1-10-6-5-8-4-3-7-11(8)9(12)13-2/h8,10H,3-7H2,1-2H3. The van der Waals surface area contributed by atoms with Crippen molar-refractivity contribution in [2.45, 2.75) is 25.3 Å². The van der Waals surface area contributed by atoms with E-state index in [1.54, 1.807) is 0 Å². The van der Waals surface area contributed by atoms with Crippen LogP contribution in [0.15, 0.2) is 0 Å². The summed E-state index contributed by atoms with van der Waals surface area (Å²) in [6.45, 7) is 1.80. The number of amides is 1. The minimum Gasteiger partial charge on any atom is -0.453 e. The molecule has 4 heteroatoms. The molecule has 0 aromatic rings. The predicted molar refractivity (Wildman–Crippen MR) is 50.7 cm³/mol. The Morgan fingerprint density at radius 1 is 1.69 bits per heavy atom. The van der Waals surface area contributed by atoms with Crippen LogP contribution in [0, 0.1) is 0 Å². The SMILES string of the molecule is CNCCC1CCCN1C(=O)OC. The zero-order valence-corrected chi connectivity index (χ0v) is 8.38. The number of likely N-dealkylation sites (tertiary alicyclic amines) is 1. The lowest BCUT2D eigenvalue weighted by molar-refractivity contribution is 0.117. The molecule has 1 heterocycles. The molecule has 1 rings (SSSR count). The van der Waals surface area contributed by atoms with Gasteiger partial charge >= 0.3 is 6.09 Å². The van der Waals surface area contributed by atoms with Crippen molar-refractivity contribution in [1.29, 1.82) is 0 Å². The molecule has 13 heavy (non-hydrogen) atoms. The molecule has 1 fully saturated rings. The third-order valence-corrected chi connectivity index (χ3v) is 2.51. The first-order valence-corrected chi connectivity index (χ1v) is 4.78. The number of nitrogens with zero attached hydrogens (tertiary/aromatic N) is 1. The van der Waals surface area contributed by atoms with E-state index in [0.29, 0.717) is 6.04 Å². The molecule has 0 aromatic heterocycles. The third kappa shape index (κ3) is 2.59. The van der Waals surface area contributed by atoms with Gasteiger partial charge in [-0.1, -0.05) is 0 Å². The van der Waals surface area contributed by atoms with Gasteiger partial charge in [-0.3, -0.25) is 0 Å². The summed E-state index contributed by atoms with van der Waals surface area (Å²) in [5.74, 6) is 0. The Kier molecular flexibility index (Phi) is 4.02. The fraction of sp³-hybridized carbons (Fsp3) is 0.889. The molecule has 1 unspecified atom stereocenters. The molecule has 1 saturated heterocycles. The lowest BCUT2D eigenvalue weighted by Gasteiger charge is -2.22. The van der Waals surface area contributed by atoms with Crippen molar-refractivity contribution in [3.8, 4) is 0 Å². The summed E-state index contributed by atoms with van der Waals surface area (Å²) >= 11 is 0. The first-order chi connectivity index (χ1) is 6.29. The fourth-order valence-corrected chi connectivity index (χ4v) is 1.80. The van der Waals surface area contributed by atoms with Crippen LogP contribution in [0.5, 0.6) is 0 Å². The summed E-state index contributed by atoms with van der Waals surface area (Å²) in [6.07, 6.45) is 3.05. The average Bonchev–Trinajstić information content (AvgIpc) is 2.61. The summed E-state index contributed by atoms with van der Waals surface area (Å²) in [6, 6.07) is 0.375. The second kappa shape index (κ2) is 5.07. The molecular weight excluding hydrogens is 168 g/mol. The predicted octanol–water partition coefficient (Wildman–Crippen LogP) is 0.827. The van der Waals surface area contributed by atoms with Crippen LogP contribution < -0.4 is 5.32 Å². The Hall–Kier alpha value is -0.770. The number of hydrogen-bond donors (Lipinski definition) is 1. The van der Waals surface area contributed by atoms with Gasteiger partial charge in [0.05, 0.1) is 7.11 Å². The summed E-state index contributed by atoms with van der Waals surface area (Å²) in [4.78, 5) is 13.1. The molecule has 0 aliphatic carbocycles. The van der Waals surface area contributed by atoms with E-state index in [4.69, 9.17) is 4.74 Å². The van der Waals surface area contributed by atoms with Crippen molar-refractivity contribution in [1.82, 2.24) is 10.2 Å². The number of methoxy groups -OCH3 is 1. The molecule has 1 aliphatic rings. The van der Waals surface area contributed by atoms with E-state index in [2.05, 4.69) is 5.32 Å². The second-order valence-corrected chi connectivity index (χ2v) is 3.35. The van der Waals surface area contributed by atoms with Crippen molar-refractivity contribution >= 4 is 6.09 Å². The highest BCUT2D eigenvalue weighted by Gasteiger charge is 2.28. The molecule has 76 valence electrons. The van der Waals surface area contributed by atoms with E-state index < -0.39 is 0 Å². The largest absolute Gasteiger partial charge is 0.453 e. The Labute approximate surface area is 79.2 Å². The van der Waals surface area contributed by atoms with Crippen molar-refractivity contribution < 1.29 is 9.53 Å². The van der Waals surface area contributed by atoms with Crippen molar-refractivity contribution in [2.24, 2.45) is 0 Å². The van der Waals surface area contributed by atoms with Crippen LogP contribution >= 0.6 is 0 Å². The van der Waals surface area contributed by atoms with Crippen LogP contribution in [-0.4, -0.2) is 44.3 Å². The van der Waals surface area contributed by atoms with Gasteiger partial charge in [-0.15, -0.1) is 0 Å². The van der Waals surface area contributed by atoms with Gasteiger partial charge < -0.3 is 15.0 Å². The molecule has 1 aliphatic heterocycles. The number of carbonyl (C=O) groups is 1. The Balaban J connectivity index is 2.39. The van der Waals surface area contributed by atoms with Gasteiger partial charge in [-0.25, -0.2) is 4.79 Å². The molecule has 4 nitrogen and oxygen atoms in total.